The summed E-state index contributed by atoms with van der Waals surface area (Å²) >= 11 is 0. The molecule has 6 nitrogen and oxygen atoms in total. The highest BCUT2D eigenvalue weighted by molar-refractivity contribution is 5.83. The molecule has 0 bridgehead atoms. The summed E-state index contributed by atoms with van der Waals surface area (Å²) in [6, 6.07) is 14.3. The van der Waals surface area contributed by atoms with Gasteiger partial charge in [-0.2, -0.15) is 9.78 Å². The average molecular weight is 511 g/mol. The van der Waals surface area contributed by atoms with Crippen LogP contribution in [0.1, 0.15) is 86.0 Å². The molecule has 0 radical (unpaired) electrons. The minimum atomic E-state index is -0.177. The summed E-state index contributed by atoms with van der Waals surface area (Å²) in [5, 5.41) is 5.35. The van der Waals surface area contributed by atoms with Gasteiger partial charge < -0.3 is 9.30 Å². The van der Waals surface area contributed by atoms with Gasteiger partial charge in [0.2, 0.25) is 0 Å². The topological polar surface area (TPSA) is 61.4 Å². The van der Waals surface area contributed by atoms with Gasteiger partial charge in [-0.25, -0.2) is 4.98 Å². The van der Waals surface area contributed by atoms with Gasteiger partial charge in [0.15, 0.2) is 5.82 Å². The van der Waals surface area contributed by atoms with Crippen molar-refractivity contribution in [1.82, 2.24) is 14.2 Å². The molecular weight excluding hydrogens is 472 g/mol. The number of ether oxygens (including phenoxy) is 1. The molecule has 2 aromatic heterocycles. The van der Waals surface area contributed by atoms with Gasteiger partial charge in [-0.15, -0.1) is 0 Å². The first kappa shape index (κ1) is 26.0. The van der Waals surface area contributed by atoms with E-state index in [0.717, 1.165) is 28.0 Å². The van der Waals surface area contributed by atoms with Crippen LogP contribution in [0.5, 0.6) is 5.75 Å². The first-order valence-corrected chi connectivity index (χ1v) is 13.7. The Labute approximate surface area is 225 Å². The molecule has 2 heterocycles. The number of hydrogen-bond acceptors (Lipinski definition) is 4. The van der Waals surface area contributed by atoms with Crippen LogP contribution >= 0.6 is 0 Å². The predicted molar refractivity (Wildman–Crippen MR) is 156 cm³/mol. The fraction of sp³-hybridized carbons (Fsp3) is 0.406. The van der Waals surface area contributed by atoms with Gasteiger partial charge in [0.1, 0.15) is 5.75 Å². The summed E-state index contributed by atoms with van der Waals surface area (Å²) in [6.07, 6.45) is 8.16. The lowest BCUT2D eigenvalue weighted by Crippen LogP contribution is -2.21. The number of benzene rings is 2. The van der Waals surface area contributed by atoms with Gasteiger partial charge in [-0.1, -0.05) is 45.2 Å². The molecule has 0 atom stereocenters. The molecule has 1 aliphatic rings. The average Bonchev–Trinajstić information content (AvgIpc) is 3.20. The van der Waals surface area contributed by atoms with Crippen LogP contribution in [0.15, 0.2) is 52.4 Å². The van der Waals surface area contributed by atoms with E-state index in [-0.39, 0.29) is 11.5 Å². The van der Waals surface area contributed by atoms with E-state index in [1.165, 1.54) is 48.2 Å². The summed E-state index contributed by atoms with van der Waals surface area (Å²) in [5.41, 5.74) is 6.89. The summed E-state index contributed by atoms with van der Waals surface area (Å²) in [7, 11) is 1.69. The van der Waals surface area contributed by atoms with Crippen molar-refractivity contribution in [3.05, 3.63) is 80.9 Å². The third-order valence-electron chi connectivity index (χ3n) is 7.97. The number of fused-ring (bicyclic) bond motifs is 1. The molecule has 6 heteroatoms. The molecule has 1 fully saturated rings. The molecule has 0 aliphatic heterocycles. The summed E-state index contributed by atoms with van der Waals surface area (Å²) in [5.74, 6) is 1.63. The largest absolute Gasteiger partial charge is 0.496 e. The van der Waals surface area contributed by atoms with Crippen LogP contribution in [0.25, 0.3) is 22.3 Å². The van der Waals surface area contributed by atoms with Gasteiger partial charge >= 0.3 is 0 Å². The van der Waals surface area contributed by atoms with Gasteiger partial charge in [-0.05, 0) is 81.0 Å². The van der Waals surface area contributed by atoms with E-state index in [1.54, 1.807) is 7.11 Å². The third kappa shape index (κ3) is 4.68. The number of para-hydroxylation sites is 1. The number of methoxy groups -OCH3 is 1. The number of hydrogen-bond donors (Lipinski definition) is 0. The lowest BCUT2D eigenvalue weighted by atomic mass is 9.95. The van der Waals surface area contributed by atoms with Gasteiger partial charge in [0.05, 0.1) is 24.2 Å². The maximum absolute atomic E-state index is 13.8. The van der Waals surface area contributed by atoms with E-state index in [9.17, 15) is 4.79 Å². The molecule has 38 heavy (non-hydrogen) atoms. The number of aryl methyl sites for hydroxylation is 2. The molecule has 2 aromatic carbocycles. The lowest BCUT2D eigenvalue weighted by Gasteiger charge is -2.26. The van der Waals surface area contributed by atoms with Crippen molar-refractivity contribution < 1.29 is 4.74 Å². The van der Waals surface area contributed by atoms with Crippen LogP contribution in [0, 0.1) is 20.8 Å². The highest BCUT2D eigenvalue weighted by Gasteiger charge is 2.21. The quantitative estimate of drug-likeness (QED) is 0.256. The zero-order chi connectivity index (χ0) is 27.0. The van der Waals surface area contributed by atoms with E-state index < -0.39 is 0 Å². The van der Waals surface area contributed by atoms with Crippen molar-refractivity contribution in [2.75, 3.05) is 7.11 Å². The van der Waals surface area contributed by atoms with E-state index in [1.807, 2.05) is 43.5 Å². The molecule has 4 aromatic rings. The molecule has 5 rings (SSSR count). The van der Waals surface area contributed by atoms with Crippen molar-refractivity contribution in [2.24, 2.45) is 5.10 Å². The minimum Gasteiger partial charge on any atom is -0.496 e. The third-order valence-corrected chi connectivity index (χ3v) is 7.97. The Morgan fingerprint density at radius 2 is 1.79 bits per heavy atom. The van der Waals surface area contributed by atoms with Gasteiger partial charge in [-0.3, -0.25) is 4.79 Å². The van der Waals surface area contributed by atoms with E-state index in [4.69, 9.17) is 14.8 Å². The Morgan fingerprint density at radius 1 is 1.05 bits per heavy atom. The zero-order valence-corrected chi connectivity index (χ0v) is 23.4. The van der Waals surface area contributed by atoms with Crippen molar-refractivity contribution >= 4 is 17.1 Å². The smallest absolute Gasteiger partial charge is 0.282 e. The second-order valence-electron chi connectivity index (χ2n) is 10.9. The van der Waals surface area contributed by atoms with E-state index >= 15 is 0 Å². The minimum absolute atomic E-state index is 0.177. The van der Waals surface area contributed by atoms with Crippen LogP contribution in [0.2, 0.25) is 0 Å². The Balaban J connectivity index is 1.68. The van der Waals surface area contributed by atoms with E-state index in [0.29, 0.717) is 22.8 Å². The first-order valence-electron chi connectivity index (χ1n) is 13.7. The molecule has 1 aliphatic carbocycles. The summed E-state index contributed by atoms with van der Waals surface area (Å²) in [6.45, 7) is 10.6. The van der Waals surface area contributed by atoms with Crippen LogP contribution in [-0.4, -0.2) is 27.6 Å². The van der Waals surface area contributed by atoms with Crippen LogP contribution in [0.4, 0.5) is 0 Å². The SMILES string of the molecule is COc1cc(C)c(-c2nc3ccccc3c(=O)n2N=Cc2cc(C)n(C3CCCCC3)c2C)cc1C(C)C. The molecule has 0 amide bonds. The van der Waals surface area contributed by atoms with Crippen molar-refractivity contribution in [3.63, 3.8) is 0 Å². The van der Waals surface area contributed by atoms with Crippen LogP contribution in [0.3, 0.4) is 0 Å². The Morgan fingerprint density at radius 3 is 2.50 bits per heavy atom. The zero-order valence-electron chi connectivity index (χ0n) is 23.4. The molecule has 0 saturated heterocycles. The van der Waals surface area contributed by atoms with Gasteiger partial charge in [0.25, 0.3) is 5.56 Å². The maximum atomic E-state index is 13.8. The highest BCUT2D eigenvalue weighted by atomic mass is 16.5. The Kier molecular flexibility index (Phi) is 7.24. The standard InChI is InChI=1S/C32H38N4O2/c1-20(2)27-18-28(21(3)16-30(27)38-6)31-34-29-15-11-10-14-26(29)32(37)36(31)33-19-24-17-22(4)35(23(24)5)25-12-8-7-9-13-25/h10-11,14-20,25H,7-9,12-13H2,1-6H3. The fourth-order valence-corrected chi connectivity index (χ4v) is 5.93. The number of aromatic nitrogens is 3. The normalized spacial score (nSPS) is 14.7. The molecule has 1 saturated carbocycles. The maximum Gasteiger partial charge on any atom is 0.282 e. The van der Waals surface area contributed by atoms with Crippen LogP contribution in [-0.2, 0) is 0 Å². The van der Waals surface area contributed by atoms with Crippen molar-refractivity contribution in [3.8, 4) is 17.1 Å². The molecule has 0 N–H and O–H groups in total. The fourth-order valence-electron chi connectivity index (χ4n) is 5.93. The highest BCUT2D eigenvalue weighted by Crippen LogP contribution is 2.34. The van der Waals surface area contributed by atoms with Crippen molar-refractivity contribution in [2.45, 2.75) is 78.7 Å². The Hall–Kier alpha value is -3.67. The number of nitrogens with zero attached hydrogens (tertiary/aromatic N) is 4. The number of rotatable bonds is 6. The monoisotopic (exact) mass is 510 g/mol. The summed E-state index contributed by atoms with van der Waals surface area (Å²) < 4.78 is 9.59. The van der Waals surface area contributed by atoms with Crippen molar-refractivity contribution in [1.29, 1.82) is 0 Å². The molecular formula is C32H38N4O2. The van der Waals surface area contributed by atoms with Crippen LogP contribution < -0.4 is 10.3 Å². The van der Waals surface area contributed by atoms with E-state index in [2.05, 4.69) is 44.4 Å². The second kappa shape index (κ2) is 10.6. The summed E-state index contributed by atoms with van der Waals surface area (Å²) in [4.78, 5) is 18.7. The first-order chi connectivity index (χ1) is 18.3. The second-order valence-corrected chi connectivity index (χ2v) is 10.9. The molecule has 0 spiro atoms. The molecule has 198 valence electrons. The predicted octanol–water partition coefficient (Wildman–Crippen LogP) is 7.31. The molecule has 0 unspecified atom stereocenters. The van der Waals surface area contributed by atoms with Gasteiger partial charge in [0, 0.05) is 28.6 Å². The lowest BCUT2D eigenvalue weighted by molar-refractivity contribution is 0.346. The Bertz CT molecular complexity index is 1570.